The minimum Gasteiger partial charge on any atom is -0.366 e. The second-order valence-corrected chi connectivity index (χ2v) is 11.1. The number of benzene rings is 2. The number of hydrogen-bond donors (Lipinski definition) is 2. The van der Waals surface area contributed by atoms with E-state index in [4.69, 9.17) is 4.84 Å². The van der Waals surface area contributed by atoms with Gasteiger partial charge >= 0.3 is 6.18 Å². The number of anilines is 1. The molecule has 0 atom stereocenters. The van der Waals surface area contributed by atoms with Gasteiger partial charge in [-0.3, -0.25) is 19.6 Å². The minimum absolute atomic E-state index is 0.0269. The van der Waals surface area contributed by atoms with Crippen LogP contribution >= 0.6 is 0 Å². The number of pyridine rings is 1. The van der Waals surface area contributed by atoms with Crippen molar-refractivity contribution in [1.29, 1.82) is 0 Å². The summed E-state index contributed by atoms with van der Waals surface area (Å²) in [7, 11) is -3.47. The lowest BCUT2D eigenvalue weighted by atomic mass is 10.1. The van der Waals surface area contributed by atoms with Crippen LogP contribution in [0.1, 0.15) is 35.3 Å². The van der Waals surface area contributed by atoms with Crippen LogP contribution in [0.5, 0.6) is 0 Å². The molecule has 0 aliphatic carbocycles. The van der Waals surface area contributed by atoms with Crippen LogP contribution in [-0.2, 0) is 27.4 Å². The molecule has 2 N–H and O–H groups in total. The second kappa shape index (κ2) is 10.2. The molecule has 1 aliphatic heterocycles. The monoisotopic (exact) mass is 548 g/mol. The van der Waals surface area contributed by atoms with Crippen molar-refractivity contribution >= 4 is 21.4 Å². The Balaban J connectivity index is 1.66. The van der Waals surface area contributed by atoms with Crippen LogP contribution in [0.4, 0.5) is 18.9 Å². The third kappa shape index (κ3) is 5.37. The van der Waals surface area contributed by atoms with Crippen LogP contribution in [0.15, 0.2) is 82.9 Å². The predicted octanol–water partition coefficient (Wildman–Crippen LogP) is 3.70. The largest absolute Gasteiger partial charge is 0.416 e. The van der Waals surface area contributed by atoms with Crippen molar-refractivity contribution in [1.82, 2.24) is 15.3 Å². The standard InChI is InChI=1S/C25H23F3N4O5S/c1-16(2)38(35,36)20-8-6-17(7-9-20)15-29-23(33)22-21(32-30-11-13-37-32)10-12-31(24(22)34)19-5-3-4-18(14-19)25(26,27)28/h3-14,16,30H,15H2,1-2H3,(H,29,33). The molecule has 38 heavy (non-hydrogen) atoms. The summed E-state index contributed by atoms with van der Waals surface area (Å²) in [6, 6.07) is 11.5. The van der Waals surface area contributed by atoms with Gasteiger partial charge in [-0.05, 0) is 55.8 Å². The number of rotatable bonds is 7. The number of amides is 1. The normalized spacial score (nSPS) is 13.4. The van der Waals surface area contributed by atoms with Crippen LogP contribution in [0.2, 0.25) is 0 Å². The first-order valence-corrected chi connectivity index (χ1v) is 12.9. The van der Waals surface area contributed by atoms with E-state index in [9.17, 15) is 31.2 Å². The molecule has 0 unspecified atom stereocenters. The van der Waals surface area contributed by atoms with E-state index in [1.165, 1.54) is 55.1 Å². The molecule has 0 spiro atoms. The van der Waals surface area contributed by atoms with Crippen molar-refractivity contribution < 1.29 is 31.2 Å². The molecule has 0 saturated carbocycles. The summed E-state index contributed by atoms with van der Waals surface area (Å²) in [5.74, 6) is -0.817. The number of carbonyl (C=O) groups excluding carboxylic acids is 1. The fourth-order valence-corrected chi connectivity index (χ4v) is 4.69. The van der Waals surface area contributed by atoms with Crippen molar-refractivity contribution in [2.45, 2.75) is 36.7 Å². The SMILES string of the molecule is CC(C)S(=O)(=O)c1ccc(CNC(=O)c2c(N3NC=CO3)ccn(-c3cccc(C(F)(F)F)c3)c2=O)cc1. The van der Waals surface area contributed by atoms with E-state index in [0.29, 0.717) is 5.56 Å². The minimum atomic E-state index is -4.62. The van der Waals surface area contributed by atoms with Crippen LogP contribution in [0.3, 0.4) is 0 Å². The maximum Gasteiger partial charge on any atom is 0.416 e. The Bertz CT molecular complexity index is 1540. The van der Waals surface area contributed by atoms with Gasteiger partial charge in [-0.25, -0.2) is 8.42 Å². The fourth-order valence-electron chi connectivity index (χ4n) is 3.63. The molecule has 0 saturated heterocycles. The topological polar surface area (TPSA) is 110 Å². The Morgan fingerprint density at radius 2 is 1.82 bits per heavy atom. The van der Waals surface area contributed by atoms with Crippen molar-refractivity contribution in [3.05, 3.63) is 100 Å². The Labute approximate surface area is 216 Å². The van der Waals surface area contributed by atoms with E-state index in [1.807, 2.05) is 0 Å². The highest BCUT2D eigenvalue weighted by Gasteiger charge is 2.31. The predicted molar refractivity (Wildman–Crippen MR) is 133 cm³/mol. The number of nitrogens with one attached hydrogen (secondary N) is 2. The van der Waals surface area contributed by atoms with Gasteiger partial charge in [0.15, 0.2) is 9.84 Å². The van der Waals surface area contributed by atoms with Gasteiger partial charge in [-0.2, -0.15) is 13.2 Å². The fraction of sp³-hybridized carbons (Fsp3) is 0.200. The van der Waals surface area contributed by atoms with Gasteiger partial charge in [0, 0.05) is 18.4 Å². The van der Waals surface area contributed by atoms with Crippen LogP contribution < -0.4 is 21.5 Å². The van der Waals surface area contributed by atoms with Crippen LogP contribution in [0.25, 0.3) is 5.69 Å². The maximum absolute atomic E-state index is 13.4. The second-order valence-electron chi connectivity index (χ2n) is 8.55. The molecule has 1 aliphatic rings. The molecule has 2 heterocycles. The Morgan fingerprint density at radius 1 is 1.11 bits per heavy atom. The lowest BCUT2D eigenvalue weighted by molar-refractivity contribution is -0.137. The highest BCUT2D eigenvalue weighted by Crippen LogP contribution is 2.30. The maximum atomic E-state index is 13.4. The molecular formula is C25H23F3N4O5S. The van der Waals surface area contributed by atoms with Gasteiger partial charge in [-0.15, -0.1) is 5.17 Å². The first kappa shape index (κ1) is 26.8. The van der Waals surface area contributed by atoms with Gasteiger partial charge in [0.2, 0.25) is 0 Å². The van der Waals surface area contributed by atoms with E-state index < -0.39 is 38.3 Å². The summed E-state index contributed by atoms with van der Waals surface area (Å²) >= 11 is 0. The van der Waals surface area contributed by atoms with Crippen molar-refractivity contribution in [2.75, 3.05) is 5.17 Å². The Morgan fingerprint density at radius 3 is 2.42 bits per heavy atom. The third-order valence-electron chi connectivity index (χ3n) is 5.72. The van der Waals surface area contributed by atoms with Gasteiger partial charge < -0.3 is 10.2 Å². The quantitative estimate of drug-likeness (QED) is 0.464. The summed E-state index contributed by atoms with van der Waals surface area (Å²) in [5, 5.41) is 3.06. The lowest BCUT2D eigenvalue weighted by Crippen LogP contribution is -2.38. The summed E-state index contributed by atoms with van der Waals surface area (Å²) in [4.78, 5) is 32.0. The van der Waals surface area contributed by atoms with E-state index >= 15 is 0 Å². The molecule has 9 nitrogen and oxygen atoms in total. The Hall–Kier alpha value is -4.26. The number of halogens is 3. The number of hydrogen-bond acceptors (Lipinski definition) is 7. The van der Waals surface area contributed by atoms with E-state index in [-0.39, 0.29) is 28.4 Å². The number of nitrogens with zero attached hydrogens (tertiary/aromatic N) is 2. The molecule has 0 fully saturated rings. The molecule has 1 amide bonds. The molecule has 2 aromatic carbocycles. The summed E-state index contributed by atoms with van der Waals surface area (Å²) in [6.07, 6.45) is -0.705. The number of sulfone groups is 1. The summed E-state index contributed by atoms with van der Waals surface area (Å²) in [5.41, 5.74) is 0.973. The van der Waals surface area contributed by atoms with Gasteiger partial charge in [0.25, 0.3) is 11.5 Å². The van der Waals surface area contributed by atoms with Crippen molar-refractivity contribution in [3.8, 4) is 5.69 Å². The summed E-state index contributed by atoms with van der Waals surface area (Å²) < 4.78 is 65.3. The third-order valence-corrected chi connectivity index (χ3v) is 7.89. The zero-order chi connectivity index (χ0) is 27.7. The van der Waals surface area contributed by atoms with Crippen LogP contribution in [0, 0.1) is 0 Å². The van der Waals surface area contributed by atoms with Crippen LogP contribution in [-0.4, -0.2) is 24.1 Å². The van der Waals surface area contributed by atoms with Crippen molar-refractivity contribution in [2.24, 2.45) is 0 Å². The van der Waals surface area contributed by atoms with Gasteiger partial charge in [-0.1, -0.05) is 18.2 Å². The highest BCUT2D eigenvalue weighted by molar-refractivity contribution is 7.92. The van der Waals surface area contributed by atoms with E-state index in [2.05, 4.69) is 10.7 Å². The zero-order valence-electron chi connectivity index (χ0n) is 20.2. The molecular weight excluding hydrogens is 525 g/mol. The molecule has 200 valence electrons. The smallest absolute Gasteiger partial charge is 0.366 e. The van der Waals surface area contributed by atoms with E-state index in [0.717, 1.165) is 27.9 Å². The zero-order valence-corrected chi connectivity index (χ0v) is 21.0. The average Bonchev–Trinajstić information content (AvgIpc) is 3.42. The molecule has 3 aromatic rings. The molecule has 0 bridgehead atoms. The lowest BCUT2D eigenvalue weighted by Gasteiger charge is -2.20. The first-order valence-electron chi connectivity index (χ1n) is 11.3. The number of carbonyl (C=O) groups is 1. The number of alkyl halides is 3. The molecule has 0 radical (unpaired) electrons. The Kier molecular flexibility index (Phi) is 7.22. The molecule has 13 heteroatoms. The van der Waals surface area contributed by atoms with Gasteiger partial charge in [0.05, 0.1) is 21.9 Å². The van der Waals surface area contributed by atoms with Gasteiger partial charge in [0.1, 0.15) is 17.5 Å². The number of hydrazine groups is 1. The van der Waals surface area contributed by atoms with E-state index in [1.54, 1.807) is 13.8 Å². The number of aromatic nitrogens is 1. The summed E-state index contributed by atoms with van der Waals surface area (Å²) in [6.45, 7) is 3.09. The van der Waals surface area contributed by atoms with Crippen molar-refractivity contribution in [3.63, 3.8) is 0 Å². The highest BCUT2D eigenvalue weighted by atomic mass is 32.2. The molecule has 1 aromatic heterocycles. The first-order chi connectivity index (χ1) is 17.9. The molecule has 4 rings (SSSR count). The average molecular weight is 549 g/mol.